The van der Waals surface area contributed by atoms with Crippen LogP contribution in [0.2, 0.25) is 0 Å². The Kier molecular flexibility index (Phi) is 4.86. The zero-order valence-electron chi connectivity index (χ0n) is 10.5. The number of rotatable bonds is 4. The maximum Gasteiger partial charge on any atom is 0.0351 e. The zero-order valence-corrected chi connectivity index (χ0v) is 12.0. The number of benzene rings is 1. The smallest absolute Gasteiger partial charge is 0.0351 e. The Morgan fingerprint density at radius 1 is 1.41 bits per heavy atom. The van der Waals surface area contributed by atoms with Gasteiger partial charge in [-0.25, -0.2) is 0 Å². The summed E-state index contributed by atoms with van der Waals surface area (Å²) >= 11 is 3.49. The molecule has 1 N–H and O–H groups in total. The molecule has 0 spiro atoms. The molecule has 1 heterocycles. The van der Waals surface area contributed by atoms with E-state index < -0.39 is 0 Å². The quantitative estimate of drug-likeness (QED) is 0.911. The molecule has 0 amide bonds. The van der Waals surface area contributed by atoms with Gasteiger partial charge in [-0.3, -0.25) is 0 Å². The topological polar surface area (TPSA) is 15.3 Å². The van der Waals surface area contributed by atoms with Gasteiger partial charge in [-0.15, -0.1) is 0 Å². The number of hydrogen-bond acceptors (Lipinski definition) is 2. The van der Waals surface area contributed by atoms with Gasteiger partial charge in [0.15, 0.2) is 0 Å². The molecular weight excluding hydrogens is 276 g/mol. The molecule has 1 aliphatic heterocycles. The maximum absolute atomic E-state index is 3.50. The van der Waals surface area contributed by atoms with Crippen LogP contribution in [0.25, 0.3) is 0 Å². The Hall–Kier alpha value is -0.540. The summed E-state index contributed by atoms with van der Waals surface area (Å²) in [5, 5.41) is 3.50. The van der Waals surface area contributed by atoms with E-state index in [4.69, 9.17) is 0 Å². The van der Waals surface area contributed by atoms with Gasteiger partial charge in [0.25, 0.3) is 0 Å². The van der Waals surface area contributed by atoms with Gasteiger partial charge in [-0.1, -0.05) is 28.4 Å². The summed E-state index contributed by atoms with van der Waals surface area (Å²) in [7, 11) is 2.25. The van der Waals surface area contributed by atoms with Gasteiger partial charge < -0.3 is 10.2 Å². The van der Waals surface area contributed by atoms with E-state index in [1.165, 1.54) is 37.9 Å². The summed E-state index contributed by atoms with van der Waals surface area (Å²) < 4.78 is 1.14. The van der Waals surface area contributed by atoms with Crippen molar-refractivity contribution in [3.63, 3.8) is 0 Å². The molecule has 1 aromatic rings. The van der Waals surface area contributed by atoms with Crippen molar-refractivity contribution in [1.82, 2.24) is 4.90 Å². The fourth-order valence-electron chi connectivity index (χ4n) is 2.49. The monoisotopic (exact) mass is 296 g/mol. The highest BCUT2D eigenvalue weighted by Crippen LogP contribution is 2.19. The zero-order chi connectivity index (χ0) is 12.1. The lowest BCUT2D eigenvalue weighted by atomic mass is 10.0. The van der Waals surface area contributed by atoms with Crippen molar-refractivity contribution >= 4 is 21.6 Å². The fraction of sp³-hybridized carbons (Fsp3) is 0.571. The number of likely N-dealkylation sites (tertiary alicyclic amines) is 1. The first-order valence-electron chi connectivity index (χ1n) is 6.45. The molecule has 1 aromatic carbocycles. The van der Waals surface area contributed by atoms with Gasteiger partial charge in [0.1, 0.15) is 0 Å². The number of halogens is 1. The number of hydrogen-bond donors (Lipinski definition) is 1. The number of nitrogens with one attached hydrogen (secondary N) is 1. The van der Waals surface area contributed by atoms with Crippen LogP contribution in [0.1, 0.15) is 25.7 Å². The third-order valence-electron chi connectivity index (χ3n) is 3.55. The molecule has 3 heteroatoms. The highest BCUT2D eigenvalue weighted by Gasteiger charge is 2.17. The number of nitrogens with zero attached hydrogens (tertiary/aromatic N) is 1. The van der Waals surface area contributed by atoms with Gasteiger partial charge in [-0.2, -0.15) is 0 Å². The molecule has 0 aliphatic carbocycles. The van der Waals surface area contributed by atoms with E-state index in [2.05, 4.69) is 57.5 Å². The first-order valence-corrected chi connectivity index (χ1v) is 7.25. The molecule has 94 valence electrons. The minimum atomic E-state index is 0.767. The molecule has 1 unspecified atom stereocenters. The average molecular weight is 297 g/mol. The Labute approximate surface area is 113 Å². The van der Waals surface area contributed by atoms with Crippen molar-refractivity contribution < 1.29 is 0 Å². The predicted octanol–water partition coefficient (Wildman–Crippen LogP) is 3.74. The minimum Gasteiger partial charge on any atom is -0.385 e. The van der Waals surface area contributed by atoms with Gasteiger partial charge in [-0.05, 0) is 51.1 Å². The first-order chi connectivity index (χ1) is 8.25. The highest BCUT2D eigenvalue weighted by molar-refractivity contribution is 9.10. The normalized spacial score (nSPS) is 21.4. The van der Waals surface area contributed by atoms with Crippen molar-refractivity contribution in [1.29, 1.82) is 0 Å². The van der Waals surface area contributed by atoms with E-state index in [1.807, 2.05) is 0 Å². The molecule has 1 atom stereocenters. The molecule has 0 aromatic heterocycles. The number of piperidine rings is 1. The molecule has 0 saturated carbocycles. The summed E-state index contributed by atoms with van der Waals surface area (Å²) in [5.74, 6) is 0. The van der Waals surface area contributed by atoms with Crippen LogP contribution in [0.5, 0.6) is 0 Å². The SMILES string of the molecule is CN1CCCCC1CCNc1cccc(Br)c1. The Bertz CT molecular complexity index is 354. The first kappa shape index (κ1) is 12.9. The summed E-state index contributed by atoms with van der Waals surface area (Å²) in [4.78, 5) is 2.51. The molecule has 1 aliphatic rings. The predicted molar refractivity (Wildman–Crippen MR) is 77.5 cm³/mol. The van der Waals surface area contributed by atoms with Gasteiger partial charge >= 0.3 is 0 Å². The van der Waals surface area contributed by atoms with E-state index >= 15 is 0 Å². The van der Waals surface area contributed by atoms with Gasteiger partial charge in [0.2, 0.25) is 0 Å². The van der Waals surface area contributed by atoms with Crippen LogP contribution >= 0.6 is 15.9 Å². The summed E-state index contributed by atoms with van der Waals surface area (Å²) in [5.41, 5.74) is 1.21. The van der Waals surface area contributed by atoms with Crippen LogP contribution < -0.4 is 5.32 Å². The van der Waals surface area contributed by atoms with Crippen LogP contribution in [0.4, 0.5) is 5.69 Å². The molecule has 17 heavy (non-hydrogen) atoms. The van der Waals surface area contributed by atoms with Crippen LogP contribution in [0, 0.1) is 0 Å². The average Bonchev–Trinajstić information content (AvgIpc) is 2.32. The number of anilines is 1. The molecular formula is C14H21BrN2. The largest absolute Gasteiger partial charge is 0.385 e. The summed E-state index contributed by atoms with van der Waals surface area (Å²) in [6, 6.07) is 9.14. The van der Waals surface area contributed by atoms with Crippen molar-refractivity contribution in [2.24, 2.45) is 0 Å². The highest BCUT2D eigenvalue weighted by atomic mass is 79.9. The Morgan fingerprint density at radius 3 is 3.06 bits per heavy atom. The van der Waals surface area contributed by atoms with Crippen LogP contribution in [-0.2, 0) is 0 Å². The van der Waals surface area contributed by atoms with Crippen molar-refractivity contribution in [3.05, 3.63) is 28.7 Å². The Morgan fingerprint density at radius 2 is 2.29 bits per heavy atom. The lowest BCUT2D eigenvalue weighted by molar-refractivity contribution is 0.179. The maximum atomic E-state index is 3.50. The van der Waals surface area contributed by atoms with E-state index in [0.717, 1.165) is 17.1 Å². The standard InChI is InChI=1S/C14H21BrN2/c1-17-10-3-2-7-14(17)8-9-16-13-6-4-5-12(15)11-13/h4-6,11,14,16H,2-3,7-10H2,1H3. The van der Waals surface area contributed by atoms with Gasteiger partial charge in [0, 0.05) is 22.7 Å². The summed E-state index contributed by atoms with van der Waals surface area (Å²) in [6.45, 7) is 2.33. The molecule has 0 bridgehead atoms. The van der Waals surface area contributed by atoms with E-state index in [9.17, 15) is 0 Å². The molecule has 2 rings (SSSR count). The van der Waals surface area contributed by atoms with E-state index in [-0.39, 0.29) is 0 Å². The second-order valence-corrected chi connectivity index (χ2v) is 5.77. The minimum absolute atomic E-state index is 0.767. The van der Waals surface area contributed by atoms with E-state index in [0.29, 0.717) is 0 Å². The lowest BCUT2D eigenvalue weighted by Crippen LogP contribution is -2.37. The van der Waals surface area contributed by atoms with Crippen LogP contribution in [0.3, 0.4) is 0 Å². The van der Waals surface area contributed by atoms with Gasteiger partial charge in [0.05, 0.1) is 0 Å². The van der Waals surface area contributed by atoms with Crippen LogP contribution in [0.15, 0.2) is 28.7 Å². The molecule has 1 saturated heterocycles. The molecule has 0 radical (unpaired) electrons. The lowest BCUT2D eigenvalue weighted by Gasteiger charge is -2.32. The van der Waals surface area contributed by atoms with Crippen molar-refractivity contribution in [3.8, 4) is 0 Å². The molecule has 2 nitrogen and oxygen atoms in total. The van der Waals surface area contributed by atoms with E-state index in [1.54, 1.807) is 0 Å². The third kappa shape index (κ3) is 4.00. The third-order valence-corrected chi connectivity index (χ3v) is 4.05. The second kappa shape index (κ2) is 6.41. The van der Waals surface area contributed by atoms with Crippen molar-refractivity contribution in [2.45, 2.75) is 31.7 Å². The molecule has 1 fully saturated rings. The summed E-state index contributed by atoms with van der Waals surface area (Å²) in [6.07, 6.45) is 5.36. The van der Waals surface area contributed by atoms with Crippen LogP contribution in [-0.4, -0.2) is 31.1 Å². The second-order valence-electron chi connectivity index (χ2n) is 4.86. The van der Waals surface area contributed by atoms with Crippen molar-refractivity contribution in [2.75, 3.05) is 25.5 Å². The fourth-order valence-corrected chi connectivity index (χ4v) is 2.89. The Balaban J connectivity index is 1.75.